The first-order chi connectivity index (χ1) is 13.4. The Morgan fingerprint density at radius 2 is 2.25 bits per heavy atom. The van der Waals surface area contributed by atoms with Crippen LogP contribution in [0.3, 0.4) is 0 Å². The Balaban J connectivity index is 1.62. The summed E-state index contributed by atoms with van der Waals surface area (Å²) in [6, 6.07) is 3.66. The number of nitrogens with one attached hydrogen (secondary N) is 3. The maximum Gasteiger partial charge on any atom is 0.287 e. The van der Waals surface area contributed by atoms with Gasteiger partial charge in [0.1, 0.15) is 12.4 Å². The van der Waals surface area contributed by atoms with E-state index in [0.717, 1.165) is 6.07 Å². The molecule has 4 N–H and O–H groups in total. The Hall–Kier alpha value is -2.83. The largest absolute Gasteiger partial charge is 0.472 e. The third kappa shape index (κ3) is 4.35. The zero-order valence-electron chi connectivity index (χ0n) is 14.2. The molecule has 1 aromatic heterocycles. The lowest BCUT2D eigenvalue weighted by Gasteiger charge is -2.33. The zero-order chi connectivity index (χ0) is 20.1. The quantitative estimate of drug-likeness (QED) is 0.224. The Labute approximate surface area is 161 Å². The van der Waals surface area contributed by atoms with Gasteiger partial charge in [-0.15, -0.1) is 0 Å². The van der Waals surface area contributed by atoms with E-state index in [2.05, 4.69) is 30.6 Å². The van der Waals surface area contributed by atoms with E-state index < -0.39 is 17.4 Å². The highest BCUT2D eigenvalue weighted by Crippen LogP contribution is 2.23. The van der Waals surface area contributed by atoms with E-state index in [1.54, 1.807) is 0 Å². The van der Waals surface area contributed by atoms with Crippen molar-refractivity contribution in [3.05, 3.63) is 34.7 Å². The summed E-state index contributed by atoms with van der Waals surface area (Å²) in [5.41, 5.74) is 0.0410. The Bertz CT molecular complexity index is 889. The molecule has 1 saturated heterocycles. The molecule has 28 heavy (non-hydrogen) atoms. The van der Waals surface area contributed by atoms with E-state index in [0.29, 0.717) is 0 Å². The fraction of sp³-hybridized carbons (Fsp3) is 0.333. The number of alkyl halides is 1. The summed E-state index contributed by atoms with van der Waals surface area (Å²) in [5.74, 6) is -1.70. The van der Waals surface area contributed by atoms with Gasteiger partial charge < -0.3 is 15.4 Å². The van der Waals surface area contributed by atoms with Crippen LogP contribution in [0.4, 0.5) is 14.5 Å². The van der Waals surface area contributed by atoms with Gasteiger partial charge in [-0.2, -0.15) is 0 Å². The number of hydrogen-bond donors (Lipinski definition) is 4. The second kappa shape index (κ2) is 8.46. The molecule has 0 aliphatic carbocycles. The van der Waals surface area contributed by atoms with Crippen LogP contribution in [0.2, 0.25) is 5.02 Å². The molecule has 1 aliphatic rings. The maximum atomic E-state index is 13.8. The minimum Gasteiger partial charge on any atom is -0.472 e. The fourth-order valence-electron chi connectivity index (χ4n) is 2.21. The number of amidine groups is 1. The highest BCUT2D eigenvalue weighted by molar-refractivity contribution is 6.31. The Morgan fingerprint density at radius 3 is 2.89 bits per heavy atom. The highest BCUT2D eigenvalue weighted by atomic mass is 35.5. The molecule has 150 valence electrons. The maximum absolute atomic E-state index is 13.8. The van der Waals surface area contributed by atoms with Crippen molar-refractivity contribution < 1.29 is 28.1 Å². The lowest BCUT2D eigenvalue weighted by Crippen LogP contribution is -2.64. The van der Waals surface area contributed by atoms with Crippen molar-refractivity contribution in [3.8, 4) is 5.88 Å². The molecular weight excluding hydrogens is 402 g/mol. The number of aliphatic imine (C=N–C) groups is 1. The van der Waals surface area contributed by atoms with E-state index >= 15 is 0 Å². The van der Waals surface area contributed by atoms with Crippen molar-refractivity contribution in [1.82, 2.24) is 26.4 Å². The smallest absolute Gasteiger partial charge is 0.287 e. The fourth-order valence-corrected chi connectivity index (χ4v) is 2.38. The first kappa shape index (κ1) is 19.9. The molecule has 0 saturated carbocycles. The van der Waals surface area contributed by atoms with Gasteiger partial charge in [-0.25, -0.2) is 18.4 Å². The number of hydroxylamine groups is 1. The summed E-state index contributed by atoms with van der Waals surface area (Å²) >= 11 is 5.69. The minimum absolute atomic E-state index is 0.00338. The number of aromatic nitrogens is 2. The summed E-state index contributed by atoms with van der Waals surface area (Å²) in [6.07, 6.45) is 0. The van der Waals surface area contributed by atoms with Crippen LogP contribution in [0, 0.1) is 5.82 Å². The standard InChI is InChI=1S/C15H15ClF2N6O4/c16-9-5-8(1-2-10(9)17)21-12(22-26)11-13(24-28-23-11)27-4-3-20-14(25)15(18)6-19-7-15/h1-2,5,19,26H,3-4,6-7H2,(H,20,25)(H,21,22). The predicted octanol–water partition coefficient (Wildman–Crippen LogP) is 0.726. The molecule has 13 heteroatoms. The molecule has 10 nitrogen and oxygen atoms in total. The molecule has 0 spiro atoms. The van der Waals surface area contributed by atoms with E-state index in [1.165, 1.54) is 12.1 Å². The predicted molar refractivity (Wildman–Crippen MR) is 92.0 cm³/mol. The number of hydrogen-bond acceptors (Lipinski definition) is 8. The first-order valence-corrected chi connectivity index (χ1v) is 8.38. The molecule has 2 aromatic rings. The molecule has 1 aromatic carbocycles. The molecule has 0 unspecified atom stereocenters. The second-order valence-electron chi connectivity index (χ2n) is 5.76. The monoisotopic (exact) mass is 416 g/mol. The van der Waals surface area contributed by atoms with Crippen LogP contribution in [0.15, 0.2) is 27.8 Å². The van der Waals surface area contributed by atoms with Crippen LogP contribution in [-0.2, 0) is 4.79 Å². The van der Waals surface area contributed by atoms with Gasteiger partial charge in [-0.05, 0) is 28.5 Å². The van der Waals surface area contributed by atoms with Gasteiger partial charge in [-0.3, -0.25) is 15.5 Å². The first-order valence-electron chi connectivity index (χ1n) is 8.00. The molecule has 0 atom stereocenters. The number of halogens is 3. The summed E-state index contributed by atoms with van der Waals surface area (Å²) in [6.45, 7) is -0.139. The molecule has 1 amide bonds. The molecule has 0 bridgehead atoms. The van der Waals surface area contributed by atoms with Gasteiger partial charge in [0.2, 0.25) is 11.4 Å². The number of nitrogens with zero attached hydrogens (tertiary/aromatic N) is 3. The Morgan fingerprint density at radius 1 is 1.46 bits per heavy atom. The van der Waals surface area contributed by atoms with Crippen molar-refractivity contribution in [3.63, 3.8) is 0 Å². The highest BCUT2D eigenvalue weighted by Gasteiger charge is 2.44. The van der Waals surface area contributed by atoms with Gasteiger partial charge >= 0.3 is 0 Å². The van der Waals surface area contributed by atoms with Gasteiger partial charge in [0, 0.05) is 13.1 Å². The number of benzene rings is 1. The van der Waals surface area contributed by atoms with E-state index in [-0.39, 0.29) is 54.4 Å². The molecule has 3 rings (SSSR count). The van der Waals surface area contributed by atoms with Crippen molar-refractivity contribution in [2.24, 2.45) is 4.99 Å². The Kier molecular flexibility index (Phi) is 6.02. The molecular formula is C15H15ClF2N6O4. The van der Waals surface area contributed by atoms with E-state index in [1.807, 2.05) is 5.48 Å². The van der Waals surface area contributed by atoms with Gasteiger partial charge in [0.15, 0.2) is 5.84 Å². The average Bonchev–Trinajstić information content (AvgIpc) is 3.12. The third-order valence-corrected chi connectivity index (χ3v) is 4.07. The lowest BCUT2D eigenvalue weighted by atomic mass is 9.99. The SMILES string of the molecule is O=C(NCCOc1nonc1C(=Nc1ccc(F)c(Cl)c1)NO)C1(F)CNC1. The van der Waals surface area contributed by atoms with Crippen molar-refractivity contribution in [1.29, 1.82) is 0 Å². The van der Waals surface area contributed by atoms with Crippen LogP contribution in [0.5, 0.6) is 5.88 Å². The van der Waals surface area contributed by atoms with Crippen molar-refractivity contribution >= 4 is 29.0 Å². The number of carbonyl (C=O) groups is 1. The number of rotatable bonds is 7. The number of carbonyl (C=O) groups excluding carboxylic acids is 1. The van der Waals surface area contributed by atoms with Crippen LogP contribution in [-0.4, -0.2) is 59.2 Å². The average molecular weight is 417 g/mol. The summed E-state index contributed by atoms with van der Waals surface area (Å²) in [4.78, 5) is 15.7. The zero-order valence-corrected chi connectivity index (χ0v) is 15.0. The van der Waals surface area contributed by atoms with Crippen molar-refractivity contribution in [2.45, 2.75) is 5.67 Å². The number of ether oxygens (including phenoxy) is 1. The van der Waals surface area contributed by atoms with Crippen molar-refractivity contribution in [2.75, 3.05) is 26.2 Å². The normalized spacial score (nSPS) is 15.6. The summed E-state index contributed by atoms with van der Waals surface area (Å²) in [7, 11) is 0. The van der Waals surface area contributed by atoms with Crippen LogP contribution in [0.1, 0.15) is 5.69 Å². The topological polar surface area (TPSA) is 134 Å². The molecule has 1 aliphatic heterocycles. The van der Waals surface area contributed by atoms with E-state index in [4.69, 9.17) is 16.3 Å². The molecule has 2 heterocycles. The summed E-state index contributed by atoms with van der Waals surface area (Å²) < 4.78 is 37.0. The van der Waals surface area contributed by atoms with E-state index in [9.17, 15) is 18.8 Å². The molecule has 1 fully saturated rings. The lowest BCUT2D eigenvalue weighted by molar-refractivity contribution is -0.136. The van der Waals surface area contributed by atoms with Crippen LogP contribution in [0.25, 0.3) is 0 Å². The van der Waals surface area contributed by atoms with Gasteiger partial charge in [-0.1, -0.05) is 11.6 Å². The third-order valence-electron chi connectivity index (χ3n) is 3.78. The summed E-state index contributed by atoms with van der Waals surface area (Å²) in [5, 5.41) is 21.3. The minimum atomic E-state index is -1.91. The molecule has 0 radical (unpaired) electrons. The van der Waals surface area contributed by atoms with Crippen LogP contribution < -0.4 is 20.9 Å². The number of amides is 1. The van der Waals surface area contributed by atoms with Gasteiger partial charge in [0.05, 0.1) is 17.3 Å². The second-order valence-corrected chi connectivity index (χ2v) is 6.17. The van der Waals surface area contributed by atoms with Gasteiger partial charge in [0.25, 0.3) is 11.8 Å². The van der Waals surface area contributed by atoms with Crippen LogP contribution >= 0.6 is 11.6 Å².